The number of benzene rings is 2. The molecule has 26 heavy (non-hydrogen) atoms. The van der Waals surface area contributed by atoms with Crippen molar-refractivity contribution in [3.63, 3.8) is 0 Å². The predicted octanol–water partition coefficient (Wildman–Crippen LogP) is 4.31. The Morgan fingerprint density at radius 2 is 1.73 bits per heavy atom. The summed E-state index contributed by atoms with van der Waals surface area (Å²) < 4.78 is 4.32. The van der Waals surface area contributed by atoms with E-state index >= 15 is 0 Å². The molecule has 0 radical (unpaired) electrons. The molecule has 3 rings (SSSR count). The van der Waals surface area contributed by atoms with Gasteiger partial charge in [0, 0.05) is 24.0 Å². The fraction of sp³-hybridized carbons (Fsp3) is 0.300. The van der Waals surface area contributed by atoms with Gasteiger partial charge in [-0.3, -0.25) is 13.9 Å². The van der Waals surface area contributed by atoms with Crippen molar-refractivity contribution < 1.29 is 4.79 Å². The maximum atomic E-state index is 12.7. The van der Waals surface area contributed by atoms with Gasteiger partial charge in [-0.2, -0.15) is 0 Å². The van der Waals surface area contributed by atoms with Crippen LogP contribution in [0.15, 0.2) is 51.7 Å². The second-order valence-electron chi connectivity index (χ2n) is 6.36. The number of amides is 1. The Hall–Kier alpha value is -2.34. The molecule has 136 valence electrons. The molecule has 0 spiro atoms. The topological polar surface area (TPSA) is 56.0 Å². The summed E-state index contributed by atoms with van der Waals surface area (Å²) in [4.78, 5) is 25.1. The van der Waals surface area contributed by atoms with E-state index in [-0.39, 0.29) is 18.0 Å². The van der Waals surface area contributed by atoms with E-state index in [0.717, 1.165) is 33.2 Å². The number of fused-ring (bicyclic) bond motifs is 1. The van der Waals surface area contributed by atoms with Crippen molar-refractivity contribution in [3.8, 4) is 0 Å². The molecule has 0 atom stereocenters. The van der Waals surface area contributed by atoms with Gasteiger partial charge in [-0.15, -0.1) is 0 Å². The Morgan fingerprint density at radius 3 is 2.35 bits per heavy atom. The SMILES string of the molecule is CCCn1c(=O)n(CCC(=O)Nc2ccc(C)cc2Br)c2ccccc21. The van der Waals surface area contributed by atoms with E-state index in [4.69, 9.17) is 0 Å². The third-order valence-corrected chi connectivity index (χ3v) is 4.99. The van der Waals surface area contributed by atoms with Gasteiger partial charge in [-0.25, -0.2) is 4.79 Å². The Bertz CT molecular complexity index is 1000. The van der Waals surface area contributed by atoms with Crippen LogP contribution in [0, 0.1) is 6.92 Å². The second-order valence-corrected chi connectivity index (χ2v) is 7.21. The van der Waals surface area contributed by atoms with Crippen molar-refractivity contribution in [1.82, 2.24) is 9.13 Å². The van der Waals surface area contributed by atoms with Crippen LogP contribution in [0.1, 0.15) is 25.3 Å². The van der Waals surface area contributed by atoms with Crippen LogP contribution in [0.4, 0.5) is 5.69 Å². The first-order valence-corrected chi connectivity index (χ1v) is 9.54. The summed E-state index contributed by atoms with van der Waals surface area (Å²) in [6, 6.07) is 13.5. The number of aromatic nitrogens is 2. The highest BCUT2D eigenvalue weighted by molar-refractivity contribution is 9.10. The Kier molecular flexibility index (Phi) is 5.61. The molecule has 0 saturated carbocycles. The number of carbonyl (C=O) groups excluding carboxylic acids is 1. The third-order valence-electron chi connectivity index (χ3n) is 4.33. The lowest BCUT2D eigenvalue weighted by Crippen LogP contribution is -2.26. The summed E-state index contributed by atoms with van der Waals surface area (Å²) >= 11 is 3.46. The highest BCUT2D eigenvalue weighted by Crippen LogP contribution is 2.23. The van der Waals surface area contributed by atoms with Crippen LogP contribution in [0.25, 0.3) is 11.0 Å². The minimum Gasteiger partial charge on any atom is -0.325 e. The van der Waals surface area contributed by atoms with Crippen molar-refractivity contribution >= 4 is 38.6 Å². The number of nitrogens with one attached hydrogen (secondary N) is 1. The van der Waals surface area contributed by atoms with Gasteiger partial charge < -0.3 is 5.32 Å². The van der Waals surface area contributed by atoms with Gasteiger partial charge in [0.05, 0.1) is 16.7 Å². The number of nitrogens with zero attached hydrogens (tertiary/aromatic N) is 2. The fourth-order valence-electron chi connectivity index (χ4n) is 3.08. The molecule has 0 bridgehead atoms. The molecular weight excluding hydrogens is 394 g/mol. The van der Waals surface area contributed by atoms with Gasteiger partial charge in [0.2, 0.25) is 5.91 Å². The molecule has 0 saturated heterocycles. The average molecular weight is 416 g/mol. The van der Waals surface area contributed by atoms with Crippen LogP contribution in [-0.2, 0) is 17.9 Å². The van der Waals surface area contributed by atoms with Gasteiger partial charge >= 0.3 is 5.69 Å². The predicted molar refractivity (Wildman–Crippen MR) is 109 cm³/mol. The highest BCUT2D eigenvalue weighted by Gasteiger charge is 2.13. The molecule has 0 aliphatic carbocycles. The van der Waals surface area contributed by atoms with Crippen LogP contribution < -0.4 is 11.0 Å². The number of rotatable bonds is 6. The van der Waals surface area contributed by atoms with Gasteiger partial charge in [0.1, 0.15) is 0 Å². The Morgan fingerprint density at radius 1 is 1.08 bits per heavy atom. The zero-order chi connectivity index (χ0) is 18.7. The molecule has 5 nitrogen and oxygen atoms in total. The number of halogens is 1. The lowest BCUT2D eigenvalue weighted by Gasteiger charge is -2.08. The summed E-state index contributed by atoms with van der Waals surface area (Å²) in [5.74, 6) is -0.117. The molecular formula is C20H22BrN3O2. The number of imidazole rings is 1. The second kappa shape index (κ2) is 7.91. The van der Waals surface area contributed by atoms with Gasteiger partial charge in [0.25, 0.3) is 0 Å². The molecule has 3 aromatic rings. The van der Waals surface area contributed by atoms with Crippen LogP contribution in [0.2, 0.25) is 0 Å². The monoisotopic (exact) mass is 415 g/mol. The van der Waals surface area contributed by atoms with E-state index in [9.17, 15) is 9.59 Å². The minimum atomic E-state index is -0.117. The first kappa shape index (κ1) is 18.5. The zero-order valence-corrected chi connectivity index (χ0v) is 16.5. The highest BCUT2D eigenvalue weighted by atomic mass is 79.9. The molecule has 0 unspecified atom stereocenters. The lowest BCUT2D eigenvalue weighted by atomic mass is 10.2. The Balaban J connectivity index is 1.78. The zero-order valence-electron chi connectivity index (χ0n) is 15.0. The standard InChI is InChI=1S/C20H22BrN3O2/c1-3-11-23-17-6-4-5-7-18(17)24(20(23)26)12-10-19(25)22-16-9-8-14(2)13-15(16)21/h4-9,13H,3,10-12H2,1-2H3,(H,22,25). The normalized spacial score (nSPS) is 11.0. The summed E-state index contributed by atoms with van der Waals surface area (Å²) in [7, 11) is 0. The van der Waals surface area contributed by atoms with E-state index in [2.05, 4.69) is 21.2 Å². The smallest absolute Gasteiger partial charge is 0.325 e. The Labute approximate surface area is 160 Å². The molecule has 1 N–H and O–H groups in total. The minimum absolute atomic E-state index is 0.0580. The van der Waals surface area contributed by atoms with Gasteiger partial charge in [0.15, 0.2) is 0 Å². The quantitative estimate of drug-likeness (QED) is 0.651. The van der Waals surface area contributed by atoms with Gasteiger partial charge in [-0.1, -0.05) is 25.1 Å². The van der Waals surface area contributed by atoms with Crippen LogP contribution in [0.3, 0.4) is 0 Å². The molecule has 1 heterocycles. The fourth-order valence-corrected chi connectivity index (χ4v) is 3.67. The maximum absolute atomic E-state index is 12.7. The molecule has 0 aliphatic heterocycles. The average Bonchev–Trinajstić information content (AvgIpc) is 2.88. The van der Waals surface area contributed by atoms with Crippen LogP contribution >= 0.6 is 15.9 Å². The van der Waals surface area contributed by atoms with Crippen LogP contribution in [-0.4, -0.2) is 15.0 Å². The van der Waals surface area contributed by atoms with Gasteiger partial charge in [-0.05, 0) is 59.1 Å². The number of hydrogen-bond donors (Lipinski definition) is 1. The molecule has 1 aromatic heterocycles. The summed E-state index contributed by atoms with van der Waals surface area (Å²) in [6.45, 7) is 5.07. The lowest BCUT2D eigenvalue weighted by molar-refractivity contribution is -0.116. The number of anilines is 1. The number of carbonyl (C=O) groups is 1. The van der Waals surface area contributed by atoms with Crippen molar-refractivity contribution in [3.05, 3.63) is 63.0 Å². The van der Waals surface area contributed by atoms with Crippen molar-refractivity contribution in [2.24, 2.45) is 0 Å². The number of aryl methyl sites for hydroxylation is 3. The van der Waals surface area contributed by atoms with Crippen molar-refractivity contribution in [1.29, 1.82) is 0 Å². The first-order valence-electron chi connectivity index (χ1n) is 8.75. The summed E-state index contributed by atoms with van der Waals surface area (Å²) in [5, 5.41) is 2.90. The molecule has 0 fully saturated rings. The van der Waals surface area contributed by atoms with E-state index in [1.54, 1.807) is 9.13 Å². The van der Waals surface area contributed by atoms with E-state index in [1.165, 1.54) is 0 Å². The molecule has 1 amide bonds. The molecule has 6 heteroatoms. The van der Waals surface area contributed by atoms with Crippen molar-refractivity contribution in [2.75, 3.05) is 5.32 Å². The maximum Gasteiger partial charge on any atom is 0.329 e. The first-order chi connectivity index (χ1) is 12.5. The third kappa shape index (κ3) is 3.75. The van der Waals surface area contributed by atoms with E-state index in [1.807, 2.05) is 56.3 Å². The molecule has 0 aliphatic rings. The van der Waals surface area contributed by atoms with E-state index in [0.29, 0.717) is 13.1 Å². The largest absolute Gasteiger partial charge is 0.329 e. The number of hydrogen-bond acceptors (Lipinski definition) is 2. The summed E-state index contributed by atoms with van der Waals surface area (Å²) in [6.07, 6.45) is 1.12. The van der Waals surface area contributed by atoms with Crippen LogP contribution in [0.5, 0.6) is 0 Å². The van der Waals surface area contributed by atoms with E-state index < -0.39 is 0 Å². The van der Waals surface area contributed by atoms with Crippen molar-refractivity contribution in [2.45, 2.75) is 39.8 Å². The number of para-hydroxylation sites is 2. The summed E-state index contributed by atoms with van der Waals surface area (Å²) in [5.41, 5.74) is 3.58. The molecule has 2 aromatic carbocycles.